The number of hydrogen-bond donors (Lipinski definition) is 0. The zero-order valence-electron chi connectivity index (χ0n) is 5.03. The van der Waals surface area contributed by atoms with Gasteiger partial charge in [-0.2, -0.15) is 0 Å². The number of hydrogen-bond acceptors (Lipinski definition) is 7. The van der Waals surface area contributed by atoms with Crippen LogP contribution in [0.2, 0.25) is 0 Å². The maximum atomic E-state index is 9.32. The summed E-state index contributed by atoms with van der Waals surface area (Å²) >= 11 is 0. The second kappa shape index (κ2) is 6.04. The van der Waals surface area contributed by atoms with Gasteiger partial charge in [0.25, 0.3) is 0 Å². The van der Waals surface area contributed by atoms with Crippen LogP contribution in [0, 0.1) is 0 Å². The van der Waals surface area contributed by atoms with E-state index in [4.69, 9.17) is 0 Å². The molecule has 7 nitrogen and oxygen atoms in total. The van der Waals surface area contributed by atoms with Gasteiger partial charge in [-0.1, -0.05) is 0 Å². The van der Waals surface area contributed by atoms with Gasteiger partial charge in [-0.05, 0) is 0 Å². The molecule has 0 saturated heterocycles. The third kappa shape index (κ3) is 18.5. The van der Waals surface area contributed by atoms with Gasteiger partial charge in [0.2, 0.25) is 10.4 Å². The molecule has 0 spiro atoms. The Kier molecular flexibility index (Phi) is 10.1. The minimum absolute atomic E-state index is 0. The summed E-state index contributed by atoms with van der Waals surface area (Å²) in [6, 6.07) is 0. The van der Waals surface area contributed by atoms with Crippen LogP contribution in [-0.4, -0.2) is 13.0 Å². The number of phosphoric acid groups is 1. The first kappa shape index (κ1) is 18.3. The van der Waals surface area contributed by atoms with Crippen LogP contribution in [0.1, 0.15) is 0 Å². The van der Waals surface area contributed by atoms with Crippen molar-refractivity contribution >= 4 is 18.2 Å². The molecule has 0 unspecified atom stereocenters. The zero-order valence-corrected chi connectivity index (χ0v) is 9.73. The molecule has 0 N–H and O–H groups in total. The van der Waals surface area contributed by atoms with Crippen LogP contribution < -0.4 is 39.3 Å². The van der Waals surface area contributed by atoms with Crippen molar-refractivity contribution in [3.8, 4) is 0 Å². The zero-order chi connectivity index (χ0) is 7.71. The Balaban J connectivity index is -0.000000320. The van der Waals surface area contributed by atoms with Gasteiger partial charge < -0.3 is 18.9 Å². The molecule has 0 aliphatic carbocycles. The molecular formula is NaNiO7PS. The van der Waals surface area contributed by atoms with Crippen molar-refractivity contribution in [2.24, 2.45) is 0 Å². The average molecular weight is 257 g/mol. The first-order valence-electron chi connectivity index (χ1n) is 1.40. The third-order valence-electron chi connectivity index (χ3n) is 0.183. The molecule has 0 fully saturated rings. The fraction of sp³-hybridized carbons (Fsp3) is 0. The predicted octanol–water partition coefficient (Wildman–Crippen LogP) is -5.71. The van der Waals surface area contributed by atoms with Crippen LogP contribution in [0.3, 0.4) is 0 Å². The van der Waals surface area contributed by atoms with Gasteiger partial charge in [-0.3, -0.25) is 0 Å². The molecule has 0 aromatic rings. The summed E-state index contributed by atoms with van der Waals surface area (Å²) in [6.07, 6.45) is 0. The second-order valence-corrected chi connectivity index (χ2v) is 3.24. The van der Waals surface area contributed by atoms with Crippen molar-refractivity contribution in [1.82, 2.24) is 0 Å². The monoisotopic (exact) mass is 256 g/mol. The van der Waals surface area contributed by atoms with Crippen molar-refractivity contribution in [2.45, 2.75) is 0 Å². The van der Waals surface area contributed by atoms with E-state index in [2.05, 4.69) is 3.97 Å². The van der Waals surface area contributed by atoms with E-state index < -0.39 is 18.2 Å². The van der Waals surface area contributed by atoms with E-state index in [1.165, 1.54) is 0 Å². The fourth-order valence-electron chi connectivity index (χ4n) is 0.112. The van der Waals surface area contributed by atoms with Crippen LogP contribution in [0.5, 0.6) is 0 Å². The van der Waals surface area contributed by atoms with Gasteiger partial charge in [0.05, 0.1) is 7.82 Å². The van der Waals surface area contributed by atoms with Crippen molar-refractivity contribution in [3.63, 3.8) is 0 Å². The third-order valence-corrected chi connectivity index (χ3v) is 1.64. The molecule has 0 aliphatic heterocycles. The molecule has 0 aromatic carbocycles. The predicted molar refractivity (Wildman–Crippen MR) is 18.4 cm³/mol. The molecule has 0 heterocycles. The molecule has 64 valence electrons. The minimum atomic E-state index is -5.69. The van der Waals surface area contributed by atoms with Crippen molar-refractivity contribution < 1.29 is 77.3 Å². The van der Waals surface area contributed by atoms with Crippen LogP contribution in [0.25, 0.3) is 0 Å². The van der Waals surface area contributed by atoms with Crippen molar-refractivity contribution in [1.29, 1.82) is 0 Å². The molecule has 0 bridgehead atoms. The molecule has 0 radical (unpaired) electrons. The Morgan fingerprint density at radius 1 is 1.27 bits per heavy atom. The van der Waals surface area contributed by atoms with Crippen LogP contribution in [0.15, 0.2) is 0 Å². The average Bonchev–Trinajstić information content (AvgIpc) is 1.14. The second-order valence-electron chi connectivity index (χ2n) is 0.930. The number of rotatable bonds is 2. The molecule has 0 amide bonds. The van der Waals surface area contributed by atoms with Crippen LogP contribution in [0.4, 0.5) is 0 Å². The van der Waals surface area contributed by atoms with E-state index in [0.717, 1.165) is 0 Å². The van der Waals surface area contributed by atoms with Crippen LogP contribution in [-0.2, 0) is 35.4 Å². The maximum absolute atomic E-state index is 9.32. The van der Waals surface area contributed by atoms with E-state index >= 15 is 0 Å². The quantitative estimate of drug-likeness (QED) is 0.208. The van der Waals surface area contributed by atoms with Gasteiger partial charge in [-0.15, -0.1) is 0 Å². The summed E-state index contributed by atoms with van der Waals surface area (Å²) in [5, 5.41) is 0. The maximum Gasteiger partial charge on any atom is 2.00 e. The summed E-state index contributed by atoms with van der Waals surface area (Å²) in [7, 11) is -11.1. The van der Waals surface area contributed by atoms with Crippen molar-refractivity contribution in [2.75, 3.05) is 0 Å². The normalized spacial score (nSPS) is 11.2. The van der Waals surface area contributed by atoms with Gasteiger partial charge in [0.1, 0.15) is 0 Å². The SMILES string of the molecule is O=P([O-])([O-])OS(=O)(=O)[O-].[Na+].[Ni+2]. The topological polar surface area (TPSA) is 130 Å². The van der Waals surface area contributed by atoms with Crippen molar-refractivity contribution in [3.05, 3.63) is 0 Å². The minimum Gasteiger partial charge on any atom is -0.789 e. The Hall–Kier alpha value is 1.51. The summed E-state index contributed by atoms with van der Waals surface area (Å²) in [5.74, 6) is 0. The van der Waals surface area contributed by atoms with E-state index in [0.29, 0.717) is 0 Å². The van der Waals surface area contributed by atoms with E-state index in [9.17, 15) is 27.3 Å². The molecular weight excluding hydrogens is 257 g/mol. The summed E-state index contributed by atoms with van der Waals surface area (Å²) in [4.78, 5) is 18.6. The Morgan fingerprint density at radius 3 is 1.55 bits per heavy atom. The summed E-state index contributed by atoms with van der Waals surface area (Å²) < 4.78 is 39.7. The standard InChI is InChI=1S/Na.Ni.H3O7PS/c;;1-8(2,3)7-9(4,5)6/h;;(H2,1,2,3)(H,4,5,6)/q+1;+2;/p-3. The van der Waals surface area contributed by atoms with E-state index in [1.54, 1.807) is 0 Å². The molecule has 11 heavy (non-hydrogen) atoms. The van der Waals surface area contributed by atoms with E-state index in [-0.39, 0.29) is 46.0 Å². The smallest absolute Gasteiger partial charge is 0.789 e. The van der Waals surface area contributed by atoms with Gasteiger partial charge in [0, 0.05) is 0 Å². The van der Waals surface area contributed by atoms with Gasteiger partial charge in [0.15, 0.2) is 0 Å². The molecule has 0 aromatic heterocycles. The first-order valence-corrected chi connectivity index (χ1v) is 4.19. The van der Waals surface area contributed by atoms with E-state index in [1.807, 2.05) is 0 Å². The molecule has 0 saturated carbocycles. The fourth-order valence-corrected chi connectivity index (χ4v) is 1.01. The van der Waals surface area contributed by atoms with Gasteiger partial charge >= 0.3 is 46.0 Å². The Morgan fingerprint density at radius 2 is 1.55 bits per heavy atom. The van der Waals surface area contributed by atoms with Gasteiger partial charge in [-0.25, -0.2) is 12.4 Å². The molecule has 11 heteroatoms. The first-order chi connectivity index (χ1) is 3.71. The van der Waals surface area contributed by atoms with Crippen LogP contribution >= 0.6 is 7.82 Å². The summed E-state index contributed by atoms with van der Waals surface area (Å²) in [5.41, 5.74) is 0. The largest absolute Gasteiger partial charge is 2.00 e. The Bertz CT molecular complexity index is 225. The summed E-state index contributed by atoms with van der Waals surface area (Å²) in [6.45, 7) is 0. The molecule has 0 rings (SSSR count). The Labute approximate surface area is 94.9 Å². The molecule has 0 aliphatic rings. The molecule has 0 atom stereocenters.